The molecule has 0 saturated carbocycles. The summed E-state index contributed by atoms with van der Waals surface area (Å²) in [4.78, 5) is 31.1. The summed E-state index contributed by atoms with van der Waals surface area (Å²) in [6.07, 6.45) is 9.28. The molecular weight excluding hydrogens is 629 g/mol. The van der Waals surface area contributed by atoms with Crippen LogP contribution in [-0.4, -0.2) is 100 Å². The van der Waals surface area contributed by atoms with E-state index in [1.54, 1.807) is 30.6 Å². The highest BCUT2D eigenvalue weighted by molar-refractivity contribution is 6.33. The quantitative estimate of drug-likeness (QED) is 0.268. The van der Waals surface area contributed by atoms with E-state index in [1.807, 2.05) is 18.7 Å². The second-order valence-electron chi connectivity index (χ2n) is 11.9. The van der Waals surface area contributed by atoms with Gasteiger partial charge in [-0.1, -0.05) is 31.5 Å². The van der Waals surface area contributed by atoms with Crippen LogP contribution < -0.4 is 9.64 Å². The summed E-state index contributed by atoms with van der Waals surface area (Å²) < 4.78 is 40.0. The number of anilines is 1. The van der Waals surface area contributed by atoms with Crippen LogP contribution in [0.4, 0.5) is 15.0 Å². The van der Waals surface area contributed by atoms with Crippen molar-refractivity contribution in [3.8, 4) is 17.3 Å². The molecule has 4 aromatic rings. The molecule has 14 heteroatoms. The lowest BCUT2D eigenvalue weighted by atomic mass is 9.95. The number of carbonyl (C=O) groups excluding carboxylic acids is 1. The molecule has 1 atom stereocenters. The molecule has 5 aliphatic heterocycles. The van der Waals surface area contributed by atoms with Gasteiger partial charge in [-0.2, -0.15) is 15.1 Å². The summed E-state index contributed by atoms with van der Waals surface area (Å²) in [6.45, 7) is 7.59. The Morgan fingerprint density at radius 2 is 1.98 bits per heavy atom. The van der Waals surface area contributed by atoms with Gasteiger partial charge in [-0.3, -0.25) is 15.0 Å². The number of pyridine rings is 1. The van der Waals surface area contributed by atoms with E-state index >= 15 is 4.39 Å². The third-order valence-corrected chi connectivity index (χ3v) is 9.59. The lowest BCUT2D eigenvalue weighted by Crippen LogP contribution is -2.43. The second-order valence-corrected chi connectivity index (χ2v) is 12.3. The van der Waals surface area contributed by atoms with Gasteiger partial charge in [-0.25, -0.2) is 9.18 Å². The third-order valence-electron chi connectivity index (χ3n) is 9.27. The van der Waals surface area contributed by atoms with Crippen LogP contribution in [0.15, 0.2) is 24.5 Å². The molecule has 6 bridgehead atoms. The van der Waals surface area contributed by atoms with Gasteiger partial charge in [0.1, 0.15) is 36.3 Å². The number of aromatic nitrogens is 5. The van der Waals surface area contributed by atoms with E-state index in [4.69, 9.17) is 35.5 Å². The first kappa shape index (κ1) is 31.5. The molecule has 12 nitrogen and oxygen atoms in total. The number of halogens is 2. The summed E-state index contributed by atoms with van der Waals surface area (Å²) in [7, 11) is 0. The molecular formula is C33H37ClFN7O5. The molecule has 0 amide bonds. The summed E-state index contributed by atoms with van der Waals surface area (Å²) in [5, 5.41) is 8.41. The molecule has 0 radical (unpaired) electrons. The fourth-order valence-electron chi connectivity index (χ4n) is 7.15. The summed E-state index contributed by atoms with van der Waals surface area (Å²) >= 11 is 6.71. The Labute approximate surface area is 276 Å². The van der Waals surface area contributed by atoms with Crippen molar-refractivity contribution in [2.75, 3.05) is 57.5 Å². The molecule has 5 aliphatic rings. The van der Waals surface area contributed by atoms with Crippen LogP contribution in [0, 0.1) is 5.82 Å². The number of benzene rings is 1. The molecule has 0 spiro atoms. The van der Waals surface area contributed by atoms with Crippen LogP contribution in [0.2, 0.25) is 5.02 Å². The Hall–Kier alpha value is -4.07. The first-order valence-electron chi connectivity index (χ1n) is 16.2. The van der Waals surface area contributed by atoms with Gasteiger partial charge in [-0.15, -0.1) is 0 Å². The monoisotopic (exact) mass is 665 g/mol. The molecule has 8 heterocycles. The van der Waals surface area contributed by atoms with Crippen LogP contribution in [0.1, 0.15) is 45.1 Å². The number of fused-ring (bicyclic) bond motifs is 7. The fraction of sp³-hybridized carbons (Fsp3) is 0.485. The van der Waals surface area contributed by atoms with Crippen molar-refractivity contribution in [1.82, 2.24) is 30.0 Å². The Balaban J connectivity index is 0.00000172. The van der Waals surface area contributed by atoms with E-state index in [0.29, 0.717) is 58.0 Å². The molecule has 1 unspecified atom stereocenters. The minimum Gasteiger partial charge on any atom is -0.461 e. The van der Waals surface area contributed by atoms with Crippen molar-refractivity contribution in [2.24, 2.45) is 0 Å². The van der Waals surface area contributed by atoms with Crippen molar-refractivity contribution >= 4 is 51.5 Å². The van der Waals surface area contributed by atoms with Gasteiger partial charge in [0.2, 0.25) is 0 Å². The highest BCUT2D eigenvalue weighted by Crippen LogP contribution is 2.41. The number of nitrogens with zero attached hydrogens (tertiary/aromatic N) is 6. The Morgan fingerprint density at radius 3 is 2.81 bits per heavy atom. The number of hydrogen-bond donors (Lipinski definition) is 1. The van der Waals surface area contributed by atoms with E-state index in [9.17, 15) is 4.79 Å². The van der Waals surface area contributed by atoms with E-state index < -0.39 is 18.1 Å². The van der Waals surface area contributed by atoms with Crippen LogP contribution in [-0.2, 0) is 14.2 Å². The van der Waals surface area contributed by atoms with Gasteiger partial charge >= 0.3 is 12.2 Å². The maximum absolute atomic E-state index is 16.9. The lowest BCUT2D eigenvalue weighted by Gasteiger charge is -2.31. The van der Waals surface area contributed by atoms with Gasteiger partial charge in [-0.05, 0) is 50.9 Å². The maximum Gasteiger partial charge on any atom is 0.509 e. The van der Waals surface area contributed by atoms with Gasteiger partial charge in [0.25, 0.3) is 0 Å². The Kier molecular flexibility index (Phi) is 8.86. The first-order chi connectivity index (χ1) is 23.0. The van der Waals surface area contributed by atoms with Crippen molar-refractivity contribution in [2.45, 2.75) is 51.2 Å². The average Bonchev–Trinajstić information content (AvgIpc) is 3.76. The molecule has 3 fully saturated rings. The molecule has 3 aromatic heterocycles. The molecule has 0 aliphatic carbocycles. The minimum absolute atomic E-state index is 0.0486. The number of ether oxygens (including phenoxy) is 4. The van der Waals surface area contributed by atoms with Crippen LogP contribution in [0.3, 0.4) is 0 Å². The molecule has 1 aromatic carbocycles. The van der Waals surface area contributed by atoms with Gasteiger partial charge in [0, 0.05) is 29.3 Å². The second kappa shape index (κ2) is 13.2. The zero-order chi connectivity index (χ0) is 32.5. The molecule has 3 saturated heterocycles. The normalized spacial score (nSPS) is 21.5. The largest absolute Gasteiger partial charge is 0.509 e. The standard InChI is InChI=1S/C31H31ClFN7O5.C2H6/c32-22-12-23-20(14-35-38-23)24-19(22)4-1-10-43-30(41)45-18-15-39(9-11-42-16-18)28-21-13-34-27(24)25(33)26(21)36-29(37-28)44-17-31-5-2-7-40(31)8-3-6-31;1-2/h1,4,12-14,18H,2-3,5-11,15-17H2,(H,35,38);1-2H3/b4-1-;. The number of aromatic amines is 1. The number of carbonyl (C=O) groups is 1. The Bertz CT molecular complexity index is 1820. The van der Waals surface area contributed by atoms with Crippen molar-refractivity contribution in [3.63, 3.8) is 0 Å². The predicted molar refractivity (Wildman–Crippen MR) is 175 cm³/mol. The SMILES string of the molecule is CC.O=C1OC/C=C\c2c(Cl)cc3[nH]ncc3c2-c2ncc3c(nc(OCC45CCCN4CCC5)nc3c2F)N2CCOCC(C2)O1. The topological polar surface area (TPSA) is 128 Å². The smallest absolute Gasteiger partial charge is 0.461 e. The van der Waals surface area contributed by atoms with Gasteiger partial charge in [0.15, 0.2) is 5.82 Å². The number of rotatable bonds is 3. The zero-order valence-electron chi connectivity index (χ0n) is 26.4. The van der Waals surface area contributed by atoms with Crippen LogP contribution >= 0.6 is 11.6 Å². The van der Waals surface area contributed by atoms with Crippen molar-refractivity contribution in [1.29, 1.82) is 0 Å². The summed E-state index contributed by atoms with van der Waals surface area (Å²) in [6, 6.07) is 1.78. The molecule has 9 rings (SSSR count). The number of hydrogen-bond acceptors (Lipinski definition) is 11. The molecule has 1 N–H and O–H groups in total. The Morgan fingerprint density at radius 1 is 1.15 bits per heavy atom. The van der Waals surface area contributed by atoms with Crippen LogP contribution in [0.25, 0.3) is 39.1 Å². The van der Waals surface area contributed by atoms with E-state index in [1.165, 1.54) is 0 Å². The van der Waals surface area contributed by atoms with Crippen molar-refractivity contribution in [3.05, 3.63) is 40.9 Å². The summed E-state index contributed by atoms with van der Waals surface area (Å²) in [5.41, 5.74) is 1.58. The van der Waals surface area contributed by atoms with Crippen molar-refractivity contribution < 1.29 is 28.1 Å². The summed E-state index contributed by atoms with van der Waals surface area (Å²) in [5.74, 6) is -0.223. The zero-order valence-corrected chi connectivity index (χ0v) is 27.2. The number of H-pyrrole nitrogens is 1. The predicted octanol–water partition coefficient (Wildman–Crippen LogP) is 5.78. The lowest BCUT2D eigenvalue weighted by molar-refractivity contribution is -0.000281. The van der Waals surface area contributed by atoms with E-state index in [2.05, 4.69) is 25.1 Å². The average molecular weight is 666 g/mol. The van der Waals surface area contributed by atoms with E-state index in [-0.39, 0.29) is 42.5 Å². The van der Waals surface area contributed by atoms with Gasteiger partial charge in [0.05, 0.1) is 47.4 Å². The highest BCUT2D eigenvalue weighted by atomic mass is 35.5. The fourth-order valence-corrected chi connectivity index (χ4v) is 7.42. The highest BCUT2D eigenvalue weighted by Gasteiger charge is 2.45. The van der Waals surface area contributed by atoms with Crippen LogP contribution in [0.5, 0.6) is 6.01 Å². The van der Waals surface area contributed by atoms with E-state index in [0.717, 1.165) is 38.8 Å². The minimum atomic E-state index is -0.830. The van der Waals surface area contributed by atoms with Gasteiger partial charge < -0.3 is 23.8 Å². The number of nitrogens with one attached hydrogen (secondary N) is 1. The third kappa shape index (κ3) is 5.85. The molecule has 47 heavy (non-hydrogen) atoms. The first-order valence-corrected chi connectivity index (χ1v) is 16.6. The molecule has 248 valence electrons. The maximum atomic E-state index is 16.9.